The van der Waals surface area contributed by atoms with E-state index in [1.54, 1.807) is 0 Å². The van der Waals surface area contributed by atoms with E-state index in [1.165, 1.54) is 0 Å². The summed E-state index contributed by atoms with van der Waals surface area (Å²) in [5.74, 6) is 0. The van der Waals surface area contributed by atoms with Crippen LogP contribution in [-0.4, -0.2) is 12.2 Å². The molecule has 4 heteroatoms. The zero-order valence-electron chi connectivity index (χ0n) is 5.50. The highest BCUT2D eigenvalue weighted by molar-refractivity contribution is 7.76. The highest BCUT2D eigenvalue weighted by Gasteiger charge is 2.23. The third kappa shape index (κ3) is 2.38. The fraction of sp³-hybridized carbons (Fsp3) is 1.00. The van der Waals surface area contributed by atoms with E-state index in [0.29, 0.717) is 0 Å². The first-order chi connectivity index (χ1) is 4.18. The van der Waals surface area contributed by atoms with Crippen LogP contribution in [0.3, 0.4) is 0 Å². The molecule has 1 saturated heterocycles. The van der Waals surface area contributed by atoms with E-state index < -0.39 is 7.73 Å². The molecular formula is C5H10ClO2P. The second-order valence-electron chi connectivity index (χ2n) is 2.28. The Kier molecular flexibility index (Phi) is 2.72. The van der Waals surface area contributed by atoms with Crippen molar-refractivity contribution < 1.29 is 9.05 Å². The average Bonchev–Trinajstić information content (AvgIpc) is 1.59. The summed E-state index contributed by atoms with van der Waals surface area (Å²) in [6, 6.07) is 0. The highest BCUT2D eigenvalue weighted by Crippen LogP contribution is 2.50. The van der Waals surface area contributed by atoms with Crippen molar-refractivity contribution in [2.75, 3.05) is 0 Å². The predicted molar refractivity (Wildman–Crippen MR) is 38.5 cm³/mol. The van der Waals surface area contributed by atoms with E-state index in [9.17, 15) is 0 Å². The Labute approximate surface area is 61.2 Å². The molecule has 0 aromatic heterocycles. The zero-order valence-corrected chi connectivity index (χ0v) is 7.15. The molecule has 1 heterocycles. The van der Waals surface area contributed by atoms with Crippen LogP contribution in [0.25, 0.3) is 0 Å². The molecule has 0 aromatic rings. The van der Waals surface area contributed by atoms with Crippen molar-refractivity contribution in [2.24, 2.45) is 0 Å². The first-order valence-electron chi connectivity index (χ1n) is 2.98. The van der Waals surface area contributed by atoms with Crippen LogP contribution in [0, 0.1) is 0 Å². The van der Waals surface area contributed by atoms with Crippen LogP contribution in [-0.2, 0) is 9.05 Å². The monoisotopic (exact) mass is 168 g/mol. The predicted octanol–water partition coefficient (Wildman–Crippen LogP) is 2.67. The fourth-order valence-corrected chi connectivity index (χ4v) is 2.47. The van der Waals surface area contributed by atoms with Gasteiger partial charge < -0.3 is 9.05 Å². The molecule has 1 aliphatic heterocycles. The van der Waals surface area contributed by atoms with Gasteiger partial charge in [0.1, 0.15) is 0 Å². The van der Waals surface area contributed by atoms with Crippen molar-refractivity contribution in [3.05, 3.63) is 0 Å². The summed E-state index contributed by atoms with van der Waals surface area (Å²) in [5, 5.41) is 0. The summed E-state index contributed by atoms with van der Waals surface area (Å²) in [7, 11) is -1.10. The first-order valence-corrected chi connectivity index (χ1v) is 5.06. The van der Waals surface area contributed by atoms with Gasteiger partial charge in [0, 0.05) is 6.42 Å². The van der Waals surface area contributed by atoms with E-state index >= 15 is 0 Å². The van der Waals surface area contributed by atoms with Crippen LogP contribution in [0.5, 0.6) is 0 Å². The lowest BCUT2D eigenvalue weighted by atomic mass is 10.2. The van der Waals surface area contributed by atoms with Crippen LogP contribution in [0.15, 0.2) is 0 Å². The summed E-state index contributed by atoms with van der Waals surface area (Å²) in [5.41, 5.74) is 0. The number of hydrogen-bond donors (Lipinski definition) is 0. The Balaban J connectivity index is 2.34. The second kappa shape index (κ2) is 3.16. The Morgan fingerprint density at radius 3 is 2.11 bits per heavy atom. The smallest absolute Gasteiger partial charge is 0.277 e. The minimum absolute atomic E-state index is 0.261. The van der Waals surface area contributed by atoms with Gasteiger partial charge in [-0.15, -0.1) is 0 Å². The molecule has 0 aliphatic carbocycles. The first kappa shape index (κ1) is 7.74. The van der Waals surface area contributed by atoms with Crippen LogP contribution < -0.4 is 0 Å². The molecule has 1 rings (SSSR count). The summed E-state index contributed by atoms with van der Waals surface area (Å²) >= 11 is 5.63. The lowest BCUT2D eigenvalue weighted by Crippen LogP contribution is -2.20. The molecule has 0 N–H and O–H groups in total. The zero-order chi connectivity index (χ0) is 6.85. The van der Waals surface area contributed by atoms with Crippen LogP contribution in [0.1, 0.15) is 20.3 Å². The third-order valence-electron chi connectivity index (χ3n) is 1.19. The lowest BCUT2D eigenvalue weighted by Gasteiger charge is -2.27. The third-order valence-corrected chi connectivity index (χ3v) is 2.72. The summed E-state index contributed by atoms with van der Waals surface area (Å²) in [6.07, 6.45) is 1.47. The van der Waals surface area contributed by atoms with E-state index in [-0.39, 0.29) is 12.2 Å². The Morgan fingerprint density at radius 2 is 1.78 bits per heavy atom. The SMILES string of the molecule is C[C@@H]1C[C@H](C)OP(Cl)O1. The second-order valence-corrected chi connectivity index (χ2v) is 3.96. The molecule has 1 fully saturated rings. The minimum atomic E-state index is -1.10. The number of halogens is 1. The standard InChI is InChI=1S/C5H10ClO2P/c1-4-3-5(2)8-9(6)7-4/h4-5H,3H2,1-2H3/t4-,5+,9?. The lowest BCUT2D eigenvalue weighted by molar-refractivity contribution is 0.0799. The van der Waals surface area contributed by atoms with Gasteiger partial charge >= 0.3 is 0 Å². The maximum absolute atomic E-state index is 5.63. The van der Waals surface area contributed by atoms with E-state index in [2.05, 4.69) is 0 Å². The van der Waals surface area contributed by atoms with Gasteiger partial charge in [0.25, 0.3) is 7.73 Å². The summed E-state index contributed by atoms with van der Waals surface area (Å²) in [4.78, 5) is 0. The van der Waals surface area contributed by atoms with E-state index in [4.69, 9.17) is 20.3 Å². The van der Waals surface area contributed by atoms with Gasteiger partial charge in [-0.25, -0.2) is 0 Å². The van der Waals surface area contributed by atoms with Gasteiger partial charge in [-0.3, -0.25) is 0 Å². The Hall–Kier alpha value is 0.640. The topological polar surface area (TPSA) is 18.5 Å². The average molecular weight is 169 g/mol. The van der Waals surface area contributed by atoms with Crippen LogP contribution >= 0.6 is 19.0 Å². The van der Waals surface area contributed by atoms with Gasteiger partial charge in [-0.2, -0.15) is 0 Å². The molecule has 3 atom stereocenters. The van der Waals surface area contributed by atoms with Crippen molar-refractivity contribution in [1.29, 1.82) is 0 Å². The van der Waals surface area contributed by atoms with E-state index in [1.807, 2.05) is 13.8 Å². The van der Waals surface area contributed by atoms with Crippen LogP contribution in [0.4, 0.5) is 0 Å². The molecule has 2 nitrogen and oxygen atoms in total. The van der Waals surface area contributed by atoms with Gasteiger partial charge in [0.15, 0.2) is 0 Å². The molecule has 0 amide bonds. The van der Waals surface area contributed by atoms with Gasteiger partial charge in [-0.05, 0) is 25.1 Å². The molecule has 1 unspecified atom stereocenters. The molecule has 0 saturated carbocycles. The van der Waals surface area contributed by atoms with Crippen molar-refractivity contribution in [3.63, 3.8) is 0 Å². The molecular weight excluding hydrogens is 158 g/mol. The summed E-state index contributed by atoms with van der Waals surface area (Å²) < 4.78 is 10.3. The van der Waals surface area contributed by atoms with Crippen LogP contribution in [0.2, 0.25) is 0 Å². The highest BCUT2D eigenvalue weighted by atomic mass is 35.7. The minimum Gasteiger partial charge on any atom is -0.319 e. The van der Waals surface area contributed by atoms with Gasteiger partial charge in [0.05, 0.1) is 12.2 Å². The normalized spacial score (nSPS) is 45.0. The van der Waals surface area contributed by atoms with E-state index in [0.717, 1.165) is 6.42 Å². The van der Waals surface area contributed by atoms with Crippen molar-refractivity contribution in [2.45, 2.75) is 32.5 Å². The maximum atomic E-state index is 5.63. The Morgan fingerprint density at radius 1 is 1.33 bits per heavy atom. The Bertz CT molecular complexity index is 75.9. The fourth-order valence-electron chi connectivity index (χ4n) is 0.861. The summed E-state index contributed by atoms with van der Waals surface area (Å²) in [6.45, 7) is 4.02. The quantitative estimate of drug-likeness (QED) is 0.518. The van der Waals surface area contributed by atoms with Crippen molar-refractivity contribution in [1.82, 2.24) is 0 Å². The molecule has 54 valence electrons. The number of rotatable bonds is 0. The molecule has 0 spiro atoms. The molecule has 0 aromatic carbocycles. The van der Waals surface area contributed by atoms with Gasteiger partial charge in [0.2, 0.25) is 0 Å². The maximum Gasteiger partial charge on any atom is 0.277 e. The van der Waals surface area contributed by atoms with Crippen molar-refractivity contribution in [3.8, 4) is 0 Å². The molecule has 0 bridgehead atoms. The van der Waals surface area contributed by atoms with Crippen molar-refractivity contribution >= 4 is 19.0 Å². The molecule has 1 aliphatic rings. The van der Waals surface area contributed by atoms with Gasteiger partial charge in [-0.1, -0.05) is 0 Å². The molecule has 0 radical (unpaired) electrons. The molecule has 9 heavy (non-hydrogen) atoms. The number of hydrogen-bond acceptors (Lipinski definition) is 2. The largest absolute Gasteiger partial charge is 0.319 e.